The highest BCUT2D eigenvalue weighted by atomic mass is 32.2. The van der Waals surface area contributed by atoms with E-state index in [0.717, 1.165) is 11.3 Å². The number of carbonyl (C=O) groups excluding carboxylic acids is 2. The van der Waals surface area contributed by atoms with Crippen LogP contribution in [0.15, 0.2) is 29.4 Å². The van der Waals surface area contributed by atoms with Gasteiger partial charge in [0.05, 0.1) is 24.1 Å². The Morgan fingerprint density at radius 1 is 1.30 bits per heavy atom. The number of aryl methyl sites for hydroxylation is 1. The van der Waals surface area contributed by atoms with Gasteiger partial charge in [0.15, 0.2) is 9.84 Å². The van der Waals surface area contributed by atoms with E-state index in [1.165, 1.54) is 5.01 Å². The zero-order valence-electron chi connectivity index (χ0n) is 15.2. The van der Waals surface area contributed by atoms with Crippen molar-refractivity contribution in [1.82, 2.24) is 10.3 Å². The van der Waals surface area contributed by atoms with E-state index in [4.69, 9.17) is 4.74 Å². The summed E-state index contributed by atoms with van der Waals surface area (Å²) in [5, 5.41) is 8.05. The van der Waals surface area contributed by atoms with Gasteiger partial charge >= 0.3 is 0 Å². The highest BCUT2D eigenvalue weighted by Gasteiger charge is 2.37. The Hall–Kier alpha value is -2.42. The summed E-state index contributed by atoms with van der Waals surface area (Å²) < 4.78 is 28.8. The van der Waals surface area contributed by atoms with Crippen LogP contribution in [0.1, 0.15) is 24.8 Å². The fourth-order valence-corrected chi connectivity index (χ4v) is 4.75. The molecule has 2 aliphatic heterocycles. The van der Waals surface area contributed by atoms with Crippen molar-refractivity contribution in [2.45, 2.75) is 32.2 Å². The molecule has 0 spiro atoms. The summed E-state index contributed by atoms with van der Waals surface area (Å²) in [6, 6.07) is 7.14. The first-order chi connectivity index (χ1) is 12.8. The van der Waals surface area contributed by atoms with Crippen LogP contribution in [-0.4, -0.2) is 61.7 Å². The van der Waals surface area contributed by atoms with Crippen LogP contribution in [0.2, 0.25) is 0 Å². The Morgan fingerprint density at radius 3 is 2.70 bits per heavy atom. The monoisotopic (exact) mass is 393 g/mol. The van der Waals surface area contributed by atoms with E-state index < -0.39 is 15.9 Å². The maximum Gasteiger partial charge on any atom is 0.267 e. The number of ether oxygens (including phenoxy) is 1. The van der Waals surface area contributed by atoms with Crippen molar-refractivity contribution in [2.75, 3.05) is 24.7 Å². The number of benzene rings is 1. The lowest BCUT2D eigenvalue weighted by molar-refractivity contribution is -0.133. The Bertz CT molecular complexity index is 848. The summed E-state index contributed by atoms with van der Waals surface area (Å²) >= 11 is 0. The molecule has 2 amide bonds. The second-order valence-electron chi connectivity index (χ2n) is 6.76. The van der Waals surface area contributed by atoms with Crippen molar-refractivity contribution in [3.8, 4) is 5.75 Å². The molecule has 0 aromatic heterocycles. The number of hydrogen-bond donors (Lipinski definition) is 1. The molecule has 3 rings (SSSR count). The van der Waals surface area contributed by atoms with Gasteiger partial charge in [0.25, 0.3) is 5.91 Å². The zero-order valence-corrected chi connectivity index (χ0v) is 16.0. The normalized spacial score (nSPS) is 21.7. The average molecular weight is 393 g/mol. The summed E-state index contributed by atoms with van der Waals surface area (Å²) in [7, 11) is -3.13. The third-order valence-electron chi connectivity index (χ3n) is 4.55. The Morgan fingerprint density at radius 2 is 2.04 bits per heavy atom. The Kier molecular flexibility index (Phi) is 5.79. The van der Waals surface area contributed by atoms with E-state index in [9.17, 15) is 18.0 Å². The SMILES string of the molecule is Cc1ccc(OCCNC(=O)C2=NN([C@@H]3CCS(=O)(=O)C3)C(=O)CC2)cc1. The molecular formula is C18H23N3O5S. The quantitative estimate of drug-likeness (QED) is 0.715. The molecule has 146 valence electrons. The molecule has 1 aromatic rings. The smallest absolute Gasteiger partial charge is 0.267 e. The summed E-state index contributed by atoms with van der Waals surface area (Å²) in [5.74, 6) is 0.0809. The first kappa shape index (κ1) is 19.3. The van der Waals surface area contributed by atoms with Crippen LogP contribution in [-0.2, 0) is 19.4 Å². The van der Waals surface area contributed by atoms with E-state index >= 15 is 0 Å². The molecule has 27 heavy (non-hydrogen) atoms. The summed E-state index contributed by atoms with van der Waals surface area (Å²) in [5.41, 5.74) is 1.38. The molecule has 2 heterocycles. The minimum atomic E-state index is -3.13. The number of rotatable bonds is 6. The molecular weight excluding hydrogens is 370 g/mol. The molecule has 1 N–H and O–H groups in total. The van der Waals surface area contributed by atoms with Gasteiger partial charge in [-0.1, -0.05) is 17.7 Å². The molecule has 1 aromatic carbocycles. The maximum atomic E-state index is 12.3. The van der Waals surface area contributed by atoms with Crippen LogP contribution in [0.25, 0.3) is 0 Å². The predicted molar refractivity (Wildman–Crippen MR) is 100 cm³/mol. The minimum absolute atomic E-state index is 0.0504. The molecule has 0 unspecified atom stereocenters. The standard InChI is InChI=1S/C18H23N3O5S/c1-13-2-4-15(5-3-13)26-10-9-19-18(23)16-6-7-17(22)21(20-16)14-8-11-27(24,25)12-14/h2-5,14H,6-12H2,1H3,(H,19,23)/t14-/m1/s1. The van der Waals surface area contributed by atoms with Gasteiger partial charge in [-0.15, -0.1) is 0 Å². The van der Waals surface area contributed by atoms with Crippen molar-refractivity contribution < 1.29 is 22.7 Å². The molecule has 1 fully saturated rings. The Balaban J connectivity index is 1.52. The fourth-order valence-electron chi connectivity index (χ4n) is 3.06. The number of amides is 2. The van der Waals surface area contributed by atoms with Crippen molar-refractivity contribution in [3.63, 3.8) is 0 Å². The molecule has 0 bridgehead atoms. The van der Waals surface area contributed by atoms with Gasteiger partial charge in [-0.2, -0.15) is 5.10 Å². The van der Waals surface area contributed by atoms with E-state index in [1.54, 1.807) is 0 Å². The lowest BCUT2D eigenvalue weighted by Crippen LogP contribution is -2.44. The maximum absolute atomic E-state index is 12.3. The number of nitrogens with one attached hydrogen (secondary N) is 1. The van der Waals surface area contributed by atoms with Gasteiger partial charge in [0.1, 0.15) is 18.1 Å². The molecule has 8 nitrogen and oxygen atoms in total. The average Bonchev–Trinajstić information content (AvgIpc) is 3.00. The van der Waals surface area contributed by atoms with Gasteiger partial charge in [-0.3, -0.25) is 9.59 Å². The van der Waals surface area contributed by atoms with Crippen molar-refractivity contribution in [2.24, 2.45) is 5.10 Å². The Labute approximate surface area is 158 Å². The molecule has 2 aliphatic rings. The number of hydrazone groups is 1. The highest BCUT2D eigenvalue weighted by molar-refractivity contribution is 7.91. The molecule has 1 saturated heterocycles. The second kappa shape index (κ2) is 8.08. The topological polar surface area (TPSA) is 105 Å². The van der Waals surface area contributed by atoms with Gasteiger partial charge in [0.2, 0.25) is 5.91 Å². The van der Waals surface area contributed by atoms with E-state index in [-0.39, 0.29) is 41.9 Å². The van der Waals surface area contributed by atoms with Gasteiger partial charge < -0.3 is 10.1 Å². The third kappa shape index (κ3) is 5.06. The molecule has 0 aliphatic carbocycles. The summed E-state index contributed by atoms with van der Waals surface area (Å²) in [6.45, 7) is 2.60. The first-order valence-corrected chi connectivity index (χ1v) is 10.7. The van der Waals surface area contributed by atoms with Gasteiger partial charge in [0, 0.05) is 12.8 Å². The predicted octanol–water partition coefficient (Wildman–Crippen LogP) is 0.656. The minimum Gasteiger partial charge on any atom is -0.492 e. The second-order valence-corrected chi connectivity index (χ2v) is 8.99. The van der Waals surface area contributed by atoms with Crippen LogP contribution in [0.3, 0.4) is 0 Å². The lowest BCUT2D eigenvalue weighted by atomic mass is 10.1. The van der Waals surface area contributed by atoms with Gasteiger partial charge in [-0.05, 0) is 25.5 Å². The van der Waals surface area contributed by atoms with Crippen LogP contribution in [0.5, 0.6) is 5.75 Å². The lowest BCUT2D eigenvalue weighted by Gasteiger charge is -2.27. The molecule has 9 heteroatoms. The van der Waals surface area contributed by atoms with Crippen molar-refractivity contribution in [1.29, 1.82) is 0 Å². The number of carbonyl (C=O) groups is 2. The van der Waals surface area contributed by atoms with E-state index in [1.807, 2.05) is 31.2 Å². The van der Waals surface area contributed by atoms with Gasteiger partial charge in [-0.25, -0.2) is 13.4 Å². The molecule has 1 atom stereocenters. The number of sulfone groups is 1. The zero-order chi connectivity index (χ0) is 19.4. The largest absolute Gasteiger partial charge is 0.492 e. The van der Waals surface area contributed by atoms with E-state index in [2.05, 4.69) is 10.4 Å². The number of hydrogen-bond acceptors (Lipinski definition) is 6. The third-order valence-corrected chi connectivity index (χ3v) is 6.30. The van der Waals surface area contributed by atoms with E-state index in [0.29, 0.717) is 19.6 Å². The van der Waals surface area contributed by atoms with Crippen molar-refractivity contribution in [3.05, 3.63) is 29.8 Å². The summed E-state index contributed by atoms with van der Waals surface area (Å²) in [4.78, 5) is 24.4. The van der Waals surface area contributed by atoms with Crippen molar-refractivity contribution >= 4 is 27.4 Å². The highest BCUT2D eigenvalue weighted by Crippen LogP contribution is 2.22. The van der Waals surface area contributed by atoms with Crippen LogP contribution in [0, 0.1) is 6.92 Å². The summed E-state index contributed by atoms with van der Waals surface area (Å²) in [6.07, 6.45) is 0.763. The van der Waals surface area contributed by atoms with Crippen LogP contribution >= 0.6 is 0 Å². The number of nitrogens with zero attached hydrogens (tertiary/aromatic N) is 2. The van der Waals surface area contributed by atoms with Crippen LogP contribution in [0.4, 0.5) is 0 Å². The fraction of sp³-hybridized carbons (Fsp3) is 0.500. The van der Waals surface area contributed by atoms with Crippen LogP contribution < -0.4 is 10.1 Å². The first-order valence-electron chi connectivity index (χ1n) is 8.92. The molecule has 0 saturated carbocycles. The molecule has 0 radical (unpaired) electrons.